The van der Waals surface area contributed by atoms with Gasteiger partial charge >= 0.3 is 0 Å². The predicted octanol–water partition coefficient (Wildman–Crippen LogP) is 1.58. The van der Waals surface area contributed by atoms with Crippen molar-refractivity contribution in [2.24, 2.45) is 0 Å². The first-order chi connectivity index (χ1) is 11.4. The topological polar surface area (TPSA) is 72.3 Å². The van der Waals surface area contributed by atoms with Crippen LogP contribution in [-0.2, 0) is 16.4 Å². The zero-order chi connectivity index (χ0) is 17.2. The molecule has 0 bridgehead atoms. The Labute approximate surface area is 142 Å². The molecule has 0 spiro atoms. The monoisotopic (exact) mass is 347 g/mol. The van der Waals surface area contributed by atoms with Crippen molar-refractivity contribution >= 4 is 15.7 Å². The lowest BCUT2D eigenvalue weighted by Gasteiger charge is -2.31. The van der Waals surface area contributed by atoms with E-state index in [1.165, 1.54) is 6.26 Å². The standard InChI is InChI=1S/C17H21N3O3S/c1-24(22,23)16-6-9-20(10-7-16)17(21)15-4-2-14(3-5-15)12-19-11-8-18-13-19/h2-5,8,11,13,16H,6-7,9-10,12H2,1H3. The Bertz CT molecular complexity index is 790. The van der Waals surface area contributed by atoms with Gasteiger partial charge in [-0.3, -0.25) is 4.79 Å². The van der Waals surface area contributed by atoms with Gasteiger partial charge in [-0.15, -0.1) is 0 Å². The molecule has 3 rings (SSSR count). The zero-order valence-electron chi connectivity index (χ0n) is 13.6. The number of carbonyl (C=O) groups is 1. The van der Waals surface area contributed by atoms with E-state index in [2.05, 4.69) is 4.98 Å². The van der Waals surface area contributed by atoms with Crippen molar-refractivity contribution in [3.05, 3.63) is 54.1 Å². The van der Waals surface area contributed by atoms with Crippen molar-refractivity contribution in [3.63, 3.8) is 0 Å². The molecular formula is C17H21N3O3S. The second kappa shape index (κ2) is 6.76. The third-order valence-corrected chi connectivity index (χ3v) is 6.14. The smallest absolute Gasteiger partial charge is 0.253 e. The van der Waals surface area contributed by atoms with Crippen LogP contribution in [0.5, 0.6) is 0 Å². The molecule has 128 valence electrons. The first-order valence-corrected chi connectivity index (χ1v) is 9.92. The maximum absolute atomic E-state index is 12.5. The van der Waals surface area contributed by atoms with Crippen molar-refractivity contribution in [2.75, 3.05) is 19.3 Å². The van der Waals surface area contributed by atoms with Crippen LogP contribution in [0.15, 0.2) is 43.0 Å². The summed E-state index contributed by atoms with van der Waals surface area (Å²) in [6, 6.07) is 7.54. The molecule has 6 nitrogen and oxygen atoms in total. The average molecular weight is 347 g/mol. The second-order valence-corrected chi connectivity index (χ2v) is 8.58. The Morgan fingerprint density at radius 3 is 2.42 bits per heavy atom. The lowest BCUT2D eigenvalue weighted by molar-refractivity contribution is 0.0725. The Balaban J connectivity index is 1.61. The predicted molar refractivity (Wildman–Crippen MR) is 91.5 cm³/mol. The number of rotatable bonds is 4. The van der Waals surface area contributed by atoms with E-state index in [1.54, 1.807) is 17.4 Å². The third-order valence-electron chi connectivity index (χ3n) is 4.46. The van der Waals surface area contributed by atoms with Crippen molar-refractivity contribution < 1.29 is 13.2 Å². The van der Waals surface area contributed by atoms with Gasteiger partial charge in [0.15, 0.2) is 0 Å². The van der Waals surface area contributed by atoms with Crippen LogP contribution in [0.4, 0.5) is 0 Å². The molecule has 0 atom stereocenters. The first-order valence-electron chi connectivity index (χ1n) is 7.96. The van der Waals surface area contributed by atoms with E-state index in [-0.39, 0.29) is 11.2 Å². The number of hydrogen-bond donors (Lipinski definition) is 0. The molecule has 2 heterocycles. The van der Waals surface area contributed by atoms with E-state index >= 15 is 0 Å². The highest BCUT2D eigenvalue weighted by Gasteiger charge is 2.29. The summed E-state index contributed by atoms with van der Waals surface area (Å²) in [5, 5.41) is -0.320. The van der Waals surface area contributed by atoms with Crippen LogP contribution >= 0.6 is 0 Å². The van der Waals surface area contributed by atoms with Gasteiger partial charge < -0.3 is 9.47 Å². The molecule has 1 amide bonds. The summed E-state index contributed by atoms with van der Waals surface area (Å²) in [4.78, 5) is 18.3. The van der Waals surface area contributed by atoms with Gasteiger partial charge in [0.25, 0.3) is 5.91 Å². The van der Waals surface area contributed by atoms with Gasteiger partial charge in [-0.25, -0.2) is 13.4 Å². The fourth-order valence-electron chi connectivity index (χ4n) is 3.01. The number of piperidine rings is 1. The highest BCUT2D eigenvalue weighted by Crippen LogP contribution is 2.19. The zero-order valence-corrected chi connectivity index (χ0v) is 14.4. The highest BCUT2D eigenvalue weighted by molar-refractivity contribution is 7.91. The Kier molecular flexibility index (Phi) is 4.71. The van der Waals surface area contributed by atoms with Crippen molar-refractivity contribution in [3.8, 4) is 0 Å². The second-order valence-electron chi connectivity index (χ2n) is 6.25. The fraction of sp³-hybridized carbons (Fsp3) is 0.412. The fourth-order valence-corrected chi connectivity index (χ4v) is 4.08. The highest BCUT2D eigenvalue weighted by atomic mass is 32.2. The minimum absolute atomic E-state index is 0.0314. The lowest BCUT2D eigenvalue weighted by Crippen LogP contribution is -2.42. The Hall–Kier alpha value is -2.15. The molecule has 0 unspecified atom stereocenters. The molecule has 0 aliphatic carbocycles. The SMILES string of the molecule is CS(=O)(=O)C1CCN(C(=O)c2ccc(Cn3ccnc3)cc2)CC1. The number of likely N-dealkylation sites (tertiary alicyclic amines) is 1. The van der Waals surface area contributed by atoms with Gasteiger partial charge in [0.05, 0.1) is 11.6 Å². The number of imidazole rings is 1. The minimum atomic E-state index is -3.02. The molecule has 1 aromatic heterocycles. The molecule has 24 heavy (non-hydrogen) atoms. The molecular weight excluding hydrogens is 326 g/mol. The molecule has 0 N–H and O–H groups in total. The summed E-state index contributed by atoms with van der Waals surface area (Å²) in [5.41, 5.74) is 1.74. The maximum Gasteiger partial charge on any atom is 0.253 e. The van der Waals surface area contributed by atoms with E-state index in [9.17, 15) is 13.2 Å². The third kappa shape index (κ3) is 3.84. The Morgan fingerprint density at radius 2 is 1.88 bits per heavy atom. The summed E-state index contributed by atoms with van der Waals surface area (Å²) < 4.78 is 25.1. The van der Waals surface area contributed by atoms with Gasteiger partial charge in [-0.05, 0) is 30.5 Å². The van der Waals surface area contributed by atoms with Crippen molar-refractivity contribution in [1.82, 2.24) is 14.5 Å². The van der Waals surface area contributed by atoms with Crippen molar-refractivity contribution in [1.29, 1.82) is 0 Å². The van der Waals surface area contributed by atoms with Crippen LogP contribution in [0.1, 0.15) is 28.8 Å². The van der Waals surface area contributed by atoms with Crippen molar-refractivity contribution in [2.45, 2.75) is 24.6 Å². The quantitative estimate of drug-likeness (QED) is 0.842. The summed E-state index contributed by atoms with van der Waals surface area (Å²) >= 11 is 0. The molecule has 7 heteroatoms. The van der Waals surface area contributed by atoms with Gasteiger partial charge in [-0.2, -0.15) is 0 Å². The Morgan fingerprint density at radius 1 is 1.21 bits per heavy atom. The van der Waals surface area contributed by atoms with Crippen LogP contribution in [-0.4, -0.2) is 53.4 Å². The summed E-state index contributed by atoms with van der Waals surface area (Å²) in [6.07, 6.45) is 7.69. The van der Waals surface area contributed by atoms with Crippen LogP contribution in [0.3, 0.4) is 0 Å². The summed E-state index contributed by atoms with van der Waals surface area (Å²) in [6.45, 7) is 1.70. The first kappa shape index (κ1) is 16.7. The molecule has 0 radical (unpaired) electrons. The van der Waals surface area contributed by atoms with E-state index < -0.39 is 9.84 Å². The van der Waals surface area contributed by atoms with Gasteiger partial charge in [-0.1, -0.05) is 12.1 Å². The maximum atomic E-state index is 12.5. The van der Waals surface area contributed by atoms with Crippen LogP contribution in [0, 0.1) is 0 Å². The molecule has 1 aromatic carbocycles. The molecule has 1 aliphatic heterocycles. The number of carbonyl (C=O) groups excluding carboxylic acids is 1. The van der Waals surface area contributed by atoms with E-state index in [1.807, 2.05) is 35.0 Å². The number of nitrogens with zero attached hydrogens (tertiary/aromatic N) is 3. The number of hydrogen-bond acceptors (Lipinski definition) is 4. The van der Waals surface area contributed by atoms with Crippen LogP contribution < -0.4 is 0 Å². The number of amides is 1. The molecule has 1 saturated heterocycles. The normalized spacial score (nSPS) is 16.3. The lowest BCUT2D eigenvalue weighted by atomic mass is 10.1. The minimum Gasteiger partial charge on any atom is -0.339 e. The van der Waals surface area contributed by atoms with Gasteiger partial charge in [0, 0.05) is 43.8 Å². The van der Waals surface area contributed by atoms with E-state index in [4.69, 9.17) is 0 Å². The van der Waals surface area contributed by atoms with E-state index in [0.717, 1.165) is 5.56 Å². The number of sulfone groups is 1. The van der Waals surface area contributed by atoms with Gasteiger partial charge in [0.1, 0.15) is 9.84 Å². The molecule has 2 aromatic rings. The molecule has 1 aliphatic rings. The van der Waals surface area contributed by atoms with Gasteiger partial charge in [0.2, 0.25) is 0 Å². The average Bonchev–Trinajstić information content (AvgIpc) is 3.07. The largest absolute Gasteiger partial charge is 0.339 e. The number of benzene rings is 1. The van der Waals surface area contributed by atoms with Crippen LogP contribution in [0.2, 0.25) is 0 Å². The molecule has 0 saturated carbocycles. The summed E-state index contributed by atoms with van der Waals surface area (Å²) in [7, 11) is -3.02. The summed E-state index contributed by atoms with van der Waals surface area (Å²) in [5.74, 6) is -0.0314. The van der Waals surface area contributed by atoms with Crippen LogP contribution in [0.25, 0.3) is 0 Å². The van der Waals surface area contributed by atoms with E-state index in [0.29, 0.717) is 38.0 Å². The molecule has 1 fully saturated rings. The number of aromatic nitrogens is 2.